The first kappa shape index (κ1) is 10.9. The number of nitrogens with zero attached hydrogens (tertiary/aromatic N) is 1. The standard InChI is InChI=1S/C11H10ClN3O/c12-8-3-1-7(2-4-8)11-14-9(6-13)5-10(16)15-11/h1-5H,6,13H2,(H,14,15,16). The fourth-order valence-electron chi connectivity index (χ4n) is 1.36. The van der Waals surface area contributed by atoms with Gasteiger partial charge in [-0.3, -0.25) is 4.79 Å². The first-order valence-corrected chi connectivity index (χ1v) is 5.13. The Bertz CT molecular complexity index is 548. The lowest BCUT2D eigenvalue weighted by Gasteiger charge is -2.02. The predicted molar refractivity (Wildman–Crippen MR) is 63.2 cm³/mol. The molecule has 2 rings (SSSR count). The Morgan fingerprint density at radius 1 is 1.31 bits per heavy atom. The molecule has 3 N–H and O–H groups in total. The third-order valence-electron chi connectivity index (χ3n) is 2.12. The van der Waals surface area contributed by atoms with Crippen LogP contribution >= 0.6 is 11.6 Å². The number of benzene rings is 1. The first-order valence-electron chi connectivity index (χ1n) is 4.75. The lowest BCUT2D eigenvalue weighted by Crippen LogP contribution is -2.12. The van der Waals surface area contributed by atoms with Crippen molar-refractivity contribution < 1.29 is 0 Å². The number of nitrogens with two attached hydrogens (primary N) is 1. The van der Waals surface area contributed by atoms with Gasteiger partial charge in [0.15, 0.2) is 0 Å². The monoisotopic (exact) mass is 235 g/mol. The Hall–Kier alpha value is -1.65. The van der Waals surface area contributed by atoms with E-state index in [9.17, 15) is 4.79 Å². The van der Waals surface area contributed by atoms with Crippen LogP contribution in [0.5, 0.6) is 0 Å². The molecule has 0 aliphatic carbocycles. The van der Waals surface area contributed by atoms with Crippen LogP contribution in [0, 0.1) is 0 Å². The third kappa shape index (κ3) is 2.29. The SMILES string of the molecule is NCc1cc(=O)[nH]c(-c2ccc(Cl)cc2)n1. The Morgan fingerprint density at radius 3 is 2.62 bits per heavy atom. The van der Waals surface area contributed by atoms with E-state index in [1.54, 1.807) is 24.3 Å². The molecule has 82 valence electrons. The van der Waals surface area contributed by atoms with E-state index in [2.05, 4.69) is 9.97 Å². The molecule has 16 heavy (non-hydrogen) atoms. The molecule has 0 fully saturated rings. The number of hydrogen-bond donors (Lipinski definition) is 2. The van der Waals surface area contributed by atoms with E-state index >= 15 is 0 Å². The van der Waals surface area contributed by atoms with E-state index < -0.39 is 0 Å². The van der Waals surface area contributed by atoms with Gasteiger partial charge < -0.3 is 10.7 Å². The maximum atomic E-state index is 11.3. The Morgan fingerprint density at radius 2 is 2.00 bits per heavy atom. The Kier molecular flexibility index (Phi) is 3.03. The van der Waals surface area contributed by atoms with Gasteiger partial charge in [-0.15, -0.1) is 0 Å². The van der Waals surface area contributed by atoms with Gasteiger partial charge >= 0.3 is 0 Å². The second kappa shape index (κ2) is 4.47. The van der Waals surface area contributed by atoms with Crippen molar-refractivity contribution in [3.63, 3.8) is 0 Å². The van der Waals surface area contributed by atoms with Crippen LogP contribution in [0.2, 0.25) is 5.02 Å². The van der Waals surface area contributed by atoms with E-state index in [0.29, 0.717) is 16.5 Å². The van der Waals surface area contributed by atoms with Crippen molar-refractivity contribution in [3.05, 3.63) is 51.4 Å². The number of hydrogen-bond acceptors (Lipinski definition) is 3. The zero-order valence-electron chi connectivity index (χ0n) is 8.40. The fraction of sp³-hybridized carbons (Fsp3) is 0.0909. The number of halogens is 1. The average molecular weight is 236 g/mol. The van der Waals surface area contributed by atoms with E-state index in [1.165, 1.54) is 6.07 Å². The molecule has 0 bridgehead atoms. The molecule has 1 aromatic heterocycles. The molecular formula is C11H10ClN3O. The number of nitrogens with one attached hydrogen (secondary N) is 1. The molecule has 2 aromatic rings. The highest BCUT2D eigenvalue weighted by Crippen LogP contribution is 2.16. The molecule has 0 saturated carbocycles. The highest BCUT2D eigenvalue weighted by molar-refractivity contribution is 6.30. The predicted octanol–water partition coefficient (Wildman–Crippen LogP) is 1.55. The van der Waals surface area contributed by atoms with Gasteiger partial charge in [-0.05, 0) is 24.3 Å². The van der Waals surface area contributed by atoms with Crippen LogP contribution in [0.25, 0.3) is 11.4 Å². The summed E-state index contributed by atoms with van der Waals surface area (Å²) >= 11 is 5.78. The van der Waals surface area contributed by atoms with Gasteiger partial charge in [-0.1, -0.05) is 11.6 Å². The molecule has 0 saturated heterocycles. The van der Waals surface area contributed by atoms with Crippen molar-refractivity contribution in [2.45, 2.75) is 6.54 Å². The zero-order valence-corrected chi connectivity index (χ0v) is 9.16. The van der Waals surface area contributed by atoms with Crippen molar-refractivity contribution >= 4 is 11.6 Å². The second-order valence-corrected chi connectivity index (χ2v) is 3.73. The van der Waals surface area contributed by atoms with Crippen molar-refractivity contribution in [2.24, 2.45) is 5.73 Å². The van der Waals surface area contributed by atoms with Gasteiger partial charge in [-0.2, -0.15) is 0 Å². The summed E-state index contributed by atoms with van der Waals surface area (Å²) in [7, 11) is 0. The minimum atomic E-state index is -0.208. The molecule has 1 aromatic carbocycles. The minimum Gasteiger partial charge on any atom is -0.325 e. The summed E-state index contributed by atoms with van der Waals surface area (Å²) in [5.74, 6) is 0.504. The Labute approximate surface area is 97.1 Å². The van der Waals surface area contributed by atoms with Crippen molar-refractivity contribution in [2.75, 3.05) is 0 Å². The summed E-state index contributed by atoms with van der Waals surface area (Å²) in [6, 6.07) is 8.46. The summed E-state index contributed by atoms with van der Waals surface area (Å²) in [5, 5.41) is 0.640. The molecule has 1 heterocycles. The van der Waals surface area contributed by atoms with Crippen LogP contribution in [0.1, 0.15) is 5.69 Å². The van der Waals surface area contributed by atoms with Crippen molar-refractivity contribution in [1.29, 1.82) is 0 Å². The quantitative estimate of drug-likeness (QED) is 0.830. The summed E-state index contributed by atoms with van der Waals surface area (Å²) in [5.41, 5.74) is 6.61. The van der Waals surface area contributed by atoms with Crippen LogP contribution < -0.4 is 11.3 Å². The minimum absolute atomic E-state index is 0.208. The van der Waals surface area contributed by atoms with Gasteiger partial charge in [0.1, 0.15) is 5.82 Å². The maximum Gasteiger partial charge on any atom is 0.251 e. The van der Waals surface area contributed by atoms with Gasteiger partial charge in [0.05, 0.1) is 5.69 Å². The molecule has 0 amide bonds. The zero-order chi connectivity index (χ0) is 11.5. The maximum absolute atomic E-state index is 11.3. The summed E-state index contributed by atoms with van der Waals surface area (Å²) in [6.45, 7) is 0.241. The molecule has 0 atom stereocenters. The molecule has 4 nitrogen and oxygen atoms in total. The second-order valence-electron chi connectivity index (χ2n) is 3.30. The van der Waals surface area contributed by atoms with Gasteiger partial charge in [-0.25, -0.2) is 4.98 Å². The highest BCUT2D eigenvalue weighted by Gasteiger charge is 2.02. The van der Waals surface area contributed by atoms with Crippen LogP contribution in [0.15, 0.2) is 35.1 Å². The van der Waals surface area contributed by atoms with Gasteiger partial charge in [0, 0.05) is 23.2 Å². The topological polar surface area (TPSA) is 71.8 Å². The third-order valence-corrected chi connectivity index (χ3v) is 2.37. The number of H-pyrrole nitrogens is 1. The van der Waals surface area contributed by atoms with Crippen LogP contribution in [-0.4, -0.2) is 9.97 Å². The molecule has 0 radical (unpaired) electrons. The largest absolute Gasteiger partial charge is 0.325 e. The number of aromatic amines is 1. The summed E-state index contributed by atoms with van der Waals surface area (Å²) in [6.07, 6.45) is 0. The van der Waals surface area contributed by atoms with E-state index in [0.717, 1.165) is 5.56 Å². The molecule has 5 heteroatoms. The van der Waals surface area contributed by atoms with E-state index in [-0.39, 0.29) is 12.1 Å². The summed E-state index contributed by atoms with van der Waals surface area (Å²) in [4.78, 5) is 18.2. The van der Waals surface area contributed by atoms with E-state index in [1.807, 2.05) is 0 Å². The fourth-order valence-corrected chi connectivity index (χ4v) is 1.48. The van der Waals surface area contributed by atoms with Crippen LogP contribution in [0.3, 0.4) is 0 Å². The van der Waals surface area contributed by atoms with Gasteiger partial charge in [0.25, 0.3) is 5.56 Å². The van der Waals surface area contributed by atoms with Crippen LogP contribution in [-0.2, 0) is 6.54 Å². The van der Waals surface area contributed by atoms with Crippen molar-refractivity contribution in [1.82, 2.24) is 9.97 Å². The molecular weight excluding hydrogens is 226 g/mol. The normalized spacial score (nSPS) is 10.4. The van der Waals surface area contributed by atoms with Crippen molar-refractivity contribution in [3.8, 4) is 11.4 Å². The Balaban J connectivity index is 2.51. The molecule has 0 aliphatic heterocycles. The van der Waals surface area contributed by atoms with Crippen LogP contribution in [0.4, 0.5) is 0 Å². The average Bonchev–Trinajstić information content (AvgIpc) is 2.29. The van der Waals surface area contributed by atoms with E-state index in [4.69, 9.17) is 17.3 Å². The molecule has 0 aliphatic rings. The number of rotatable bonds is 2. The number of aromatic nitrogens is 2. The van der Waals surface area contributed by atoms with Gasteiger partial charge in [0.2, 0.25) is 0 Å². The lowest BCUT2D eigenvalue weighted by atomic mass is 10.2. The molecule has 0 spiro atoms. The molecule has 0 unspecified atom stereocenters. The lowest BCUT2D eigenvalue weighted by molar-refractivity contribution is 0.956. The smallest absolute Gasteiger partial charge is 0.251 e. The highest BCUT2D eigenvalue weighted by atomic mass is 35.5. The first-order chi connectivity index (χ1) is 7.69. The summed E-state index contributed by atoms with van der Waals surface area (Å²) < 4.78 is 0.